The first kappa shape index (κ1) is 22.3. The lowest BCUT2D eigenvalue weighted by Gasteiger charge is -2.25. The van der Waals surface area contributed by atoms with Gasteiger partial charge in [0.1, 0.15) is 5.82 Å². The number of urea groups is 1. The van der Waals surface area contributed by atoms with Crippen LogP contribution in [0.15, 0.2) is 66.7 Å². The van der Waals surface area contributed by atoms with Crippen LogP contribution in [0.1, 0.15) is 5.56 Å². The molecule has 0 radical (unpaired) electrons. The molecule has 158 valence electrons. The van der Waals surface area contributed by atoms with Crippen LogP contribution in [0.2, 0.25) is 5.02 Å². The summed E-state index contributed by atoms with van der Waals surface area (Å²) < 4.78 is 13.6. The van der Waals surface area contributed by atoms with Crippen LogP contribution >= 0.6 is 11.6 Å². The second-order valence-corrected chi connectivity index (χ2v) is 7.72. The Kier molecular flexibility index (Phi) is 7.24. The van der Waals surface area contributed by atoms with Crippen LogP contribution in [0.4, 0.5) is 20.6 Å². The highest BCUT2D eigenvalue weighted by molar-refractivity contribution is 6.31. The monoisotopic (exact) mass is 436 g/mol. The number of benzene rings is 3. The van der Waals surface area contributed by atoms with Crippen LogP contribution in [0.25, 0.3) is 11.1 Å². The molecule has 0 aliphatic heterocycles. The lowest BCUT2D eigenvalue weighted by molar-refractivity contribution is 0.256. The first-order valence-corrected chi connectivity index (χ1v) is 10.0. The second-order valence-electron chi connectivity index (χ2n) is 7.28. The smallest absolute Gasteiger partial charge is 0.308 e. The van der Waals surface area contributed by atoms with Gasteiger partial charge in [-0.3, -0.25) is 4.90 Å². The molecule has 0 atom stereocenters. The van der Waals surface area contributed by atoms with Gasteiger partial charge in [-0.1, -0.05) is 35.9 Å². The van der Waals surface area contributed by atoms with Gasteiger partial charge < -0.3 is 10.2 Å². The molecule has 5 nitrogen and oxygen atoms in total. The van der Waals surface area contributed by atoms with Crippen molar-refractivity contribution in [1.29, 1.82) is 5.26 Å². The molecule has 2 amide bonds. The molecule has 31 heavy (non-hydrogen) atoms. The molecule has 0 spiro atoms. The normalized spacial score (nSPS) is 10.6. The summed E-state index contributed by atoms with van der Waals surface area (Å²) in [6, 6.07) is 20.5. The van der Waals surface area contributed by atoms with E-state index >= 15 is 0 Å². The fourth-order valence-corrected chi connectivity index (χ4v) is 3.29. The van der Waals surface area contributed by atoms with Crippen molar-refractivity contribution >= 4 is 29.0 Å². The average Bonchev–Trinajstić information content (AvgIpc) is 2.73. The number of hydrogen-bond acceptors (Lipinski definition) is 3. The molecule has 3 rings (SSSR count). The van der Waals surface area contributed by atoms with Gasteiger partial charge in [0.2, 0.25) is 0 Å². The first-order chi connectivity index (χ1) is 14.9. The van der Waals surface area contributed by atoms with Gasteiger partial charge in [0, 0.05) is 29.5 Å². The van der Waals surface area contributed by atoms with Gasteiger partial charge >= 0.3 is 6.03 Å². The number of anilines is 2. The second kappa shape index (κ2) is 10.1. The minimum Gasteiger partial charge on any atom is -0.308 e. The fraction of sp³-hybridized carbons (Fsp3) is 0.167. The molecule has 7 heteroatoms. The van der Waals surface area contributed by atoms with Gasteiger partial charge in [-0.25, -0.2) is 9.18 Å². The molecule has 0 aliphatic rings. The maximum Gasteiger partial charge on any atom is 0.326 e. The van der Waals surface area contributed by atoms with Crippen molar-refractivity contribution in [2.24, 2.45) is 0 Å². The molecular formula is C24H22ClFN4O. The van der Waals surface area contributed by atoms with Crippen LogP contribution < -0.4 is 10.2 Å². The Morgan fingerprint density at radius 2 is 1.77 bits per heavy atom. The molecule has 0 fully saturated rings. The number of nitriles is 1. The number of carbonyl (C=O) groups excluding carboxylic acids is 1. The van der Waals surface area contributed by atoms with Crippen molar-refractivity contribution in [3.05, 3.63) is 83.1 Å². The van der Waals surface area contributed by atoms with Crippen molar-refractivity contribution < 1.29 is 9.18 Å². The van der Waals surface area contributed by atoms with Crippen LogP contribution in [0.5, 0.6) is 0 Å². The molecule has 0 bridgehead atoms. The number of carbonyl (C=O) groups is 1. The van der Waals surface area contributed by atoms with E-state index in [4.69, 9.17) is 16.9 Å². The number of halogens is 2. The Balaban J connectivity index is 1.85. The topological polar surface area (TPSA) is 59.4 Å². The highest BCUT2D eigenvalue weighted by Gasteiger charge is 2.17. The van der Waals surface area contributed by atoms with Gasteiger partial charge in [-0.05, 0) is 67.7 Å². The standard InChI is InChI=1S/C24H22ClFN4O/c1-29(2)10-11-30(24(31)28-22-14-20(25)13-21(26)15-22)23-8-6-18(7-9-23)19-5-3-4-17(12-19)16-27/h3-9,12-15H,10-11H2,1-2H3,(H,28,31). The average molecular weight is 437 g/mol. The predicted octanol–water partition coefficient (Wildman–Crippen LogP) is 5.62. The predicted molar refractivity (Wildman–Crippen MR) is 123 cm³/mol. The van der Waals surface area contributed by atoms with E-state index in [9.17, 15) is 9.18 Å². The van der Waals surface area contributed by atoms with Gasteiger partial charge in [0.25, 0.3) is 0 Å². The Labute approximate surface area is 186 Å². The summed E-state index contributed by atoms with van der Waals surface area (Å²) in [4.78, 5) is 16.5. The third kappa shape index (κ3) is 6.05. The Bertz CT molecular complexity index is 1090. The summed E-state index contributed by atoms with van der Waals surface area (Å²) in [5.41, 5.74) is 3.43. The number of amides is 2. The summed E-state index contributed by atoms with van der Waals surface area (Å²) in [6.45, 7) is 1.08. The van der Waals surface area contributed by atoms with Gasteiger partial charge in [-0.2, -0.15) is 5.26 Å². The molecule has 0 saturated carbocycles. The molecule has 0 aromatic heterocycles. The van der Waals surface area contributed by atoms with Gasteiger partial charge in [0.15, 0.2) is 0 Å². The van der Waals surface area contributed by atoms with Crippen molar-refractivity contribution in [1.82, 2.24) is 4.90 Å². The summed E-state index contributed by atoms with van der Waals surface area (Å²) >= 11 is 5.90. The third-order valence-corrected chi connectivity index (χ3v) is 4.85. The van der Waals surface area contributed by atoms with E-state index in [1.165, 1.54) is 18.2 Å². The van der Waals surface area contributed by atoms with Crippen LogP contribution in [-0.4, -0.2) is 38.1 Å². The van der Waals surface area contributed by atoms with E-state index in [0.29, 0.717) is 24.3 Å². The van der Waals surface area contributed by atoms with E-state index in [1.807, 2.05) is 61.5 Å². The maximum absolute atomic E-state index is 13.6. The highest BCUT2D eigenvalue weighted by Crippen LogP contribution is 2.25. The quantitative estimate of drug-likeness (QED) is 0.545. The zero-order valence-electron chi connectivity index (χ0n) is 17.3. The fourth-order valence-electron chi connectivity index (χ4n) is 3.07. The molecule has 0 heterocycles. The van der Waals surface area contributed by atoms with E-state index in [0.717, 1.165) is 11.1 Å². The summed E-state index contributed by atoms with van der Waals surface area (Å²) in [5.74, 6) is -0.522. The molecular weight excluding hydrogens is 415 g/mol. The van der Waals surface area contributed by atoms with E-state index in [2.05, 4.69) is 11.4 Å². The summed E-state index contributed by atoms with van der Waals surface area (Å²) in [6.07, 6.45) is 0. The minimum absolute atomic E-state index is 0.207. The lowest BCUT2D eigenvalue weighted by Crippen LogP contribution is -2.39. The summed E-state index contributed by atoms with van der Waals surface area (Å²) in [5, 5.41) is 12.0. The molecule has 0 aliphatic carbocycles. The zero-order valence-corrected chi connectivity index (χ0v) is 18.0. The van der Waals surface area contributed by atoms with E-state index in [1.54, 1.807) is 11.0 Å². The largest absolute Gasteiger partial charge is 0.326 e. The van der Waals surface area contributed by atoms with Crippen LogP contribution in [-0.2, 0) is 0 Å². The van der Waals surface area contributed by atoms with Crippen molar-refractivity contribution in [2.45, 2.75) is 0 Å². The third-order valence-electron chi connectivity index (χ3n) is 4.63. The van der Waals surface area contributed by atoms with E-state index < -0.39 is 5.82 Å². The Hall–Kier alpha value is -3.40. The molecule has 3 aromatic rings. The van der Waals surface area contributed by atoms with E-state index in [-0.39, 0.29) is 16.7 Å². The summed E-state index contributed by atoms with van der Waals surface area (Å²) in [7, 11) is 3.85. The highest BCUT2D eigenvalue weighted by atomic mass is 35.5. The maximum atomic E-state index is 13.6. The van der Waals surface area contributed by atoms with Crippen LogP contribution in [0.3, 0.4) is 0 Å². The number of rotatable bonds is 6. The molecule has 3 aromatic carbocycles. The SMILES string of the molecule is CN(C)CCN(C(=O)Nc1cc(F)cc(Cl)c1)c1ccc(-c2cccc(C#N)c2)cc1. The number of likely N-dealkylation sites (N-methyl/N-ethyl adjacent to an activating group) is 1. The minimum atomic E-state index is -0.522. The number of nitrogens with one attached hydrogen (secondary N) is 1. The number of nitrogens with zero attached hydrogens (tertiary/aromatic N) is 3. The first-order valence-electron chi connectivity index (χ1n) is 9.65. The lowest BCUT2D eigenvalue weighted by atomic mass is 10.0. The Morgan fingerprint density at radius 1 is 1.03 bits per heavy atom. The van der Waals surface area contributed by atoms with Crippen molar-refractivity contribution in [3.63, 3.8) is 0 Å². The molecule has 0 saturated heterocycles. The van der Waals surface area contributed by atoms with Gasteiger partial charge in [-0.15, -0.1) is 0 Å². The Morgan fingerprint density at radius 3 is 2.42 bits per heavy atom. The van der Waals surface area contributed by atoms with Crippen LogP contribution in [0, 0.1) is 17.1 Å². The van der Waals surface area contributed by atoms with Crippen molar-refractivity contribution in [3.8, 4) is 17.2 Å². The molecule has 0 unspecified atom stereocenters. The van der Waals surface area contributed by atoms with Crippen molar-refractivity contribution in [2.75, 3.05) is 37.4 Å². The van der Waals surface area contributed by atoms with Gasteiger partial charge in [0.05, 0.1) is 11.6 Å². The zero-order chi connectivity index (χ0) is 22.4. The molecule has 1 N–H and O–H groups in total. The number of hydrogen-bond donors (Lipinski definition) is 1.